The number of nitrogens with one attached hydrogen (secondary N) is 1. The molecule has 0 amide bonds. The van der Waals surface area contributed by atoms with E-state index in [-0.39, 0.29) is 27.5 Å². The van der Waals surface area contributed by atoms with Crippen molar-refractivity contribution < 1.29 is 16.8 Å². The van der Waals surface area contributed by atoms with Crippen molar-refractivity contribution in [3.8, 4) is 0 Å². The lowest BCUT2D eigenvalue weighted by Gasteiger charge is -2.19. The van der Waals surface area contributed by atoms with E-state index in [9.17, 15) is 16.8 Å². The molecule has 0 saturated heterocycles. The molecular formula is C20H27NO4S2. The highest BCUT2D eigenvalue weighted by Gasteiger charge is 2.20. The Bertz CT molecular complexity index is 1020. The maximum absolute atomic E-state index is 12.5. The summed E-state index contributed by atoms with van der Waals surface area (Å²) in [6, 6.07) is 11.8. The van der Waals surface area contributed by atoms with Crippen LogP contribution in [0.25, 0.3) is 0 Å². The molecule has 5 nitrogen and oxygen atoms in total. The second kappa shape index (κ2) is 7.73. The highest BCUT2D eigenvalue weighted by molar-refractivity contribution is 7.91. The third-order valence-corrected chi connectivity index (χ3v) is 7.72. The van der Waals surface area contributed by atoms with E-state index in [0.29, 0.717) is 5.56 Å². The summed E-state index contributed by atoms with van der Waals surface area (Å²) in [4.78, 5) is 0.362. The molecule has 0 saturated carbocycles. The molecule has 0 aliphatic rings. The summed E-state index contributed by atoms with van der Waals surface area (Å²) < 4.78 is 52.2. The summed E-state index contributed by atoms with van der Waals surface area (Å²) >= 11 is 0. The van der Waals surface area contributed by atoms with Crippen molar-refractivity contribution in [2.45, 2.75) is 49.8 Å². The minimum Gasteiger partial charge on any atom is -0.224 e. The van der Waals surface area contributed by atoms with Gasteiger partial charge in [-0.15, -0.1) is 0 Å². The smallest absolute Gasteiger partial charge is 0.224 e. The molecule has 0 atom stereocenters. The third kappa shape index (κ3) is 5.40. The Morgan fingerprint density at radius 3 is 2.00 bits per heavy atom. The lowest BCUT2D eigenvalue weighted by Crippen LogP contribution is -2.29. The third-order valence-electron chi connectivity index (χ3n) is 4.36. The van der Waals surface area contributed by atoms with Crippen LogP contribution in [0.4, 0.5) is 0 Å². The van der Waals surface area contributed by atoms with Gasteiger partial charge in [0.15, 0.2) is 9.84 Å². The maximum atomic E-state index is 12.5. The highest BCUT2D eigenvalue weighted by atomic mass is 32.2. The standard InChI is InChI=1S/C20H27NO4S2/c1-15-6-11-19(16(2)14-15)27(24,25)21-12-13-26(22,23)18-9-7-17(8-10-18)20(3,4)5/h6-11,14,21H,12-13H2,1-5H3. The van der Waals surface area contributed by atoms with Gasteiger partial charge in [-0.25, -0.2) is 21.6 Å². The van der Waals surface area contributed by atoms with Gasteiger partial charge >= 0.3 is 0 Å². The van der Waals surface area contributed by atoms with Crippen molar-refractivity contribution >= 4 is 19.9 Å². The van der Waals surface area contributed by atoms with Gasteiger partial charge in [-0.05, 0) is 48.6 Å². The summed E-state index contributed by atoms with van der Waals surface area (Å²) in [5.41, 5.74) is 2.57. The predicted molar refractivity (Wildman–Crippen MR) is 108 cm³/mol. The van der Waals surface area contributed by atoms with Gasteiger partial charge in [-0.3, -0.25) is 0 Å². The summed E-state index contributed by atoms with van der Waals surface area (Å²) in [5, 5.41) is 0. The molecule has 0 unspecified atom stereocenters. The number of benzene rings is 2. The first-order valence-electron chi connectivity index (χ1n) is 8.73. The SMILES string of the molecule is Cc1ccc(S(=O)(=O)NCCS(=O)(=O)c2ccc(C(C)(C)C)cc2)c(C)c1. The molecule has 0 heterocycles. The molecule has 1 N–H and O–H groups in total. The molecule has 2 aromatic carbocycles. The van der Waals surface area contributed by atoms with Crippen LogP contribution in [0.5, 0.6) is 0 Å². The Kier molecular flexibility index (Phi) is 6.19. The van der Waals surface area contributed by atoms with Gasteiger partial charge in [0.05, 0.1) is 15.5 Å². The first kappa shape index (κ1) is 21.6. The zero-order chi connectivity index (χ0) is 20.5. The highest BCUT2D eigenvalue weighted by Crippen LogP contribution is 2.23. The van der Waals surface area contributed by atoms with Crippen LogP contribution < -0.4 is 4.72 Å². The van der Waals surface area contributed by atoms with Crippen LogP contribution in [-0.4, -0.2) is 29.1 Å². The largest absolute Gasteiger partial charge is 0.240 e. The average molecular weight is 410 g/mol. The number of aryl methyl sites for hydroxylation is 2. The van der Waals surface area contributed by atoms with Gasteiger partial charge in [0.25, 0.3) is 0 Å². The molecule has 0 fully saturated rings. The van der Waals surface area contributed by atoms with Gasteiger partial charge in [-0.2, -0.15) is 0 Å². The van der Waals surface area contributed by atoms with Crippen molar-refractivity contribution in [1.29, 1.82) is 0 Å². The molecule has 0 aromatic heterocycles. The lowest BCUT2D eigenvalue weighted by molar-refractivity contribution is 0.579. The Morgan fingerprint density at radius 2 is 1.48 bits per heavy atom. The van der Waals surface area contributed by atoms with Crippen LogP contribution in [0, 0.1) is 13.8 Å². The minimum atomic E-state index is -3.75. The molecule has 0 radical (unpaired) electrons. The van der Waals surface area contributed by atoms with Gasteiger partial charge in [0, 0.05) is 6.54 Å². The molecule has 27 heavy (non-hydrogen) atoms. The van der Waals surface area contributed by atoms with E-state index in [1.54, 1.807) is 43.3 Å². The Balaban J connectivity index is 2.09. The fraction of sp³-hybridized carbons (Fsp3) is 0.400. The molecule has 0 aliphatic carbocycles. The Morgan fingerprint density at radius 1 is 0.889 bits per heavy atom. The summed E-state index contributed by atoms with van der Waals surface area (Å²) in [7, 11) is -7.32. The second-order valence-electron chi connectivity index (χ2n) is 7.76. The fourth-order valence-electron chi connectivity index (χ4n) is 2.77. The van der Waals surface area contributed by atoms with Crippen molar-refractivity contribution in [1.82, 2.24) is 4.72 Å². The van der Waals surface area contributed by atoms with E-state index < -0.39 is 19.9 Å². The quantitative estimate of drug-likeness (QED) is 0.793. The Hall–Kier alpha value is -1.70. The zero-order valence-electron chi connectivity index (χ0n) is 16.4. The fourth-order valence-corrected chi connectivity index (χ4v) is 5.31. The second-order valence-corrected chi connectivity index (χ2v) is 11.6. The normalized spacial score (nSPS) is 12.9. The molecule has 2 rings (SSSR count). The number of rotatable bonds is 6. The van der Waals surface area contributed by atoms with Crippen LogP contribution in [0.2, 0.25) is 0 Å². The van der Waals surface area contributed by atoms with E-state index in [2.05, 4.69) is 25.5 Å². The van der Waals surface area contributed by atoms with Gasteiger partial charge in [0.1, 0.15) is 0 Å². The van der Waals surface area contributed by atoms with Crippen molar-refractivity contribution in [2.24, 2.45) is 0 Å². The minimum absolute atomic E-state index is 0.0657. The number of sulfonamides is 1. The van der Waals surface area contributed by atoms with E-state index in [1.165, 1.54) is 6.07 Å². The lowest BCUT2D eigenvalue weighted by atomic mass is 9.87. The topological polar surface area (TPSA) is 80.3 Å². The van der Waals surface area contributed by atoms with Crippen molar-refractivity contribution in [3.63, 3.8) is 0 Å². The number of hydrogen-bond acceptors (Lipinski definition) is 4. The van der Waals surface area contributed by atoms with Crippen LogP contribution in [0.3, 0.4) is 0 Å². The van der Waals surface area contributed by atoms with E-state index >= 15 is 0 Å². The molecular weight excluding hydrogens is 382 g/mol. The van der Waals surface area contributed by atoms with Crippen LogP contribution in [0.15, 0.2) is 52.3 Å². The summed E-state index contributed by atoms with van der Waals surface area (Å²) in [6.45, 7) is 9.58. The van der Waals surface area contributed by atoms with Crippen LogP contribution in [0.1, 0.15) is 37.5 Å². The molecule has 7 heteroatoms. The van der Waals surface area contributed by atoms with Gasteiger partial charge < -0.3 is 0 Å². The van der Waals surface area contributed by atoms with Crippen LogP contribution in [-0.2, 0) is 25.3 Å². The molecule has 148 valence electrons. The zero-order valence-corrected chi connectivity index (χ0v) is 18.0. The Labute approximate surface area is 162 Å². The van der Waals surface area contributed by atoms with E-state index in [1.807, 2.05) is 6.92 Å². The van der Waals surface area contributed by atoms with E-state index in [4.69, 9.17) is 0 Å². The maximum Gasteiger partial charge on any atom is 0.240 e. The molecule has 0 bridgehead atoms. The molecule has 0 spiro atoms. The first-order chi connectivity index (χ1) is 12.3. The summed E-state index contributed by atoms with van der Waals surface area (Å²) in [5.74, 6) is -0.300. The average Bonchev–Trinajstić information content (AvgIpc) is 2.53. The first-order valence-corrected chi connectivity index (χ1v) is 11.9. The van der Waals surface area contributed by atoms with E-state index in [0.717, 1.165) is 11.1 Å². The van der Waals surface area contributed by atoms with Crippen molar-refractivity contribution in [2.75, 3.05) is 12.3 Å². The van der Waals surface area contributed by atoms with Crippen molar-refractivity contribution in [3.05, 3.63) is 59.2 Å². The monoisotopic (exact) mass is 409 g/mol. The summed E-state index contributed by atoms with van der Waals surface area (Å²) in [6.07, 6.45) is 0. The number of hydrogen-bond donors (Lipinski definition) is 1. The molecule has 2 aromatic rings. The number of sulfone groups is 1. The predicted octanol–water partition coefficient (Wildman–Crippen LogP) is 3.35. The molecule has 0 aliphatic heterocycles. The van der Waals surface area contributed by atoms with Crippen LogP contribution >= 0.6 is 0 Å². The van der Waals surface area contributed by atoms with Gasteiger partial charge in [-0.1, -0.05) is 50.6 Å². The van der Waals surface area contributed by atoms with Gasteiger partial charge in [0.2, 0.25) is 10.0 Å².